The van der Waals surface area contributed by atoms with Gasteiger partial charge in [-0.2, -0.15) is 10.1 Å². The predicted octanol–water partition coefficient (Wildman–Crippen LogP) is 3.14. The predicted molar refractivity (Wildman–Crippen MR) is 106 cm³/mol. The fourth-order valence-electron chi connectivity index (χ4n) is 2.82. The lowest BCUT2D eigenvalue weighted by atomic mass is 9.98. The molecule has 3 aromatic rings. The van der Waals surface area contributed by atoms with Gasteiger partial charge in [-0.05, 0) is 37.4 Å². The van der Waals surface area contributed by atoms with Crippen LogP contribution in [-0.2, 0) is 7.05 Å². The number of rotatable bonds is 4. The van der Waals surface area contributed by atoms with Crippen molar-refractivity contribution in [3.8, 4) is 9.88 Å². The molecule has 1 saturated heterocycles. The van der Waals surface area contributed by atoms with Gasteiger partial charge >= 0.3 is 0 Å². The van der Waals surface area contributed by atoms with Crippen molar-refractivity contribution in [1.29, 1.82) is 0 Å². The fourth-order valence-corrected chi connectivity index (χ4v) is 4.44. The van der Waals surface area contributed by atoms with E-state index in [1.54, 1.807) is 28.4 Å². The molecule has 0 atom stereocenters. The van der Waals surface area contributed by atoms with Crippen LogP contribution >= 0.6 is 35.1 Å². The lowest BCUT2D eigenvalue weighted by Gasteiger charge is -2.19. The molecular weight excluding hydrogens is 392 g/mol. The first kappa shape index (κ1) is 19.0. The van der Waals surface area contributed by atoms with Gasteiger partial charge in [-0.15, -0.1) is 35.1 Å². The van der Waals surface area contributed by atoms with Crippen LogP contribution < -0.4 is 10.6 Å². The minimum absolute atomic E-state index is 0. The molecule has 138 valence electrons. The summed E-state index contributed by atoms with van der Waals surface area (Å²) in [7, 11) is 1.80. The van der Waals surface area contributed by atoms with Crippen molar-refractivity contribution >= 4 is 46.9 Å². The molecule has 0 aromatic carbocycles. The molecule has 1 fully saturated rings. The van der Waals surface area contributed by atoms with Crippen molar-refractivity contribution in [2.75, 3.05) is 18.4 Å². The van der Waals surface area contributed by atoms with E-state index in [4.69, 9.17) is 0 Å². The first-order valence-corrected chi connectivity index (χ1v) is 9.89. The van der Waals surface area contributed by atoms with Crippen molar-refractivity contribution in [1.82, 2.24) is 25.1 Å². The summed E-state index contributed by atoms with van der Waals surface area (Å²) in [6, 6.07) is 3.97. The van der Waals surface area contributed by atoms with Gasteiger partial charge in [-0.3, -0.25) is 10.1 Å². The largest absolute Gasteiger partial charge is 0.317 e. The lowest BCUT2D eigenvalue weighted by molar-refractivity contribution is 0.102. The number of thiazole rings is 1. The van der Waals surface area contributed by atoms with Crippen molar-refractivity contribution in [3.63, 3.8) is 0 Å². The first-order valence-electron chi connectivity index (χ1n) is 8.13. The third kappa shape index (κ3) is 3.96. The smallest absolute Gasteiger partial charge is 0.277 e. The minimum atomic E-state index is -0.258. The standard InChI is InChI=1S/C16H18N6OS2.ClH/c1-22-16(19-13(21-22)10-4-6-17-7-5-10)20-14(23)11-9-25-15(18-11)12-3-2-8-24-12;/h2-3,8-10,17H,4-7H2,1H3,(H,19,20,21,23);1H. The Morgan fingerprint density at radius 2 is 2.12 bits per heavy atom. The van der Waals surface area contributed by atoms with Gasteiger partial charge in [0.25, 0.3) is 5.91 Å². The molecule has 1 amide bonds. The van der Waals surface area contributed by atoms with Gasteiger partial charge < -0.3 is 5.32 Å². The van der Waals surface area contributed by atoms with Crippen LogP contribution in [0.5, 0.6) is 0 Å². The van der Waals surface area contributed by atoms with Crippen molar-refractivity contribution < 1.29 is 4.79 Å². The summed E-state index contributed by atoms with van der Waals surface area (Å²) in [6.07, 6.45) is 2.04. The number of nitrogens with zero attached hydrogens (tertiary/aromatic N) is 4. The number of amides is 1. The number of carbonyl (C=O) groups excluding carboxylic acids is 1. The van der Waals surface area contributed by atoms with Crippen LogP contribution in [0.25, 0.3) is 9.88 Å². The summed E-state index contributed by atoms with van der Waals surface area (Å²) in [5.41, 5.74) is 0.403. The Bertz CT molecular complexity index is 869. The second-order valence-electron chi connectivity index (χ2n) is 5.91. The zero-order chi connectivity index (χ0) is 17.2. The number of thiophene rings is 1. The number of aromatic nitrogens is 4. The van der Waals surface area contributed by atoms with E-state index < -0.39 is 0 Å². The molecule has 0 saturated carbocycles. The second-order valence-corrected chi connectivity index (χ2v) is 7.72. The van der Waals surface area contributed by atoms with Gasteiger partial charge in [0, 0.05) is 18.3 Å². The van der Waals surface area contributed by atoms with Gasteiger partial charge in [0.05, 0.1) is 4.88 Å². The van der Waals surface area contributed by atoms with Gasteiger partial charge in [0.1, 0.15) is 10.7 Å². The van der Waals surface area contributed by atoms with E-state index in [1.807, 2.05) is 17.5 Å². The Morgan fingerprint density at radius 1 is 1.31 bits per heavy atom. The summed E-state index contributed by atoms with van der Waals surface area (Å²) in [4.78, 5) is 22.5. The van der Waals surface area contributed by atoms with E-state index in [1.165, 1.54) is 11.3 Å². The molecule has 0 spiro atoms. The number of hydrogen-bond acceptors (Lipinski definition) is 7. The topological polar surface area (TPSA) is 84.7 Å². The molecule has 4 heterocycles. The maximum absolute atomic E-state index is 12.5. The molecule has 7 nitrogen and oxygen atoms in total. The third-order valence-corrected chi connectivity index (χ3v) is 6.06. The summed E-state index contributed by atoms with van der Waals surface area (Å²) in [5.74, 6) is 1.36. The van der Waals surface area contributed by atoms with Crippen molar-refractivity contribution in [3.05, 3.63) is 34.4 Å². The number of nitrogens with one attached hydrogen (secondary N) is 2. The molecule has 26 heavy (non-hydrogen) atoms. The van der Waals surface area contributed by atoms with Crippen molar-refractivity contribution in [2.45, 2.75) is 18.8 Å². The van der Waals surface area contributed by atoms with Gasteiger partial charge in [0.2, 0.25) is 5.95 Å². The molecule has 0 unspecified atom stereocenters. The van der Waals surface area contributed by atoms with E-state index in [9.17, 15) is 4.79 Å². The lowest BCUT2D eigenvalue weighted by Crippen LogP contribution is -2.27. The fraction of sp³-hybridized carbons (Fsp3) is 0.375. The van der Waals surface area contributed by atoms with Crippen LogP contribution in [0.15, 0.2) is 22.9 Å². The number of anilines is 1. The highest BCUT2D eigenvalue weighted by Gasteiger charge is 2.22. The van der Waals surface area contributed by atoms with E-state index >= 15 is 0 Å². The third-order valence-electron chi connectivity index (χ3n) is 4.18. The molecule has 2 N–H and O–H groups in total. The van der Waals surface area contributed by atoms with Crippen LogP contribution in [0, 0.1) is 0 Å². The summed E-state index contributed by atoms with van der Waals surface area (Å²) in [6.45, 7) is 1.96. The van der Waals surface area contributed by atoms with E-state index in [-0.39, 0.29) is 18.3 Å². The Balaban J connectivity index is 0.00000196. The molecule has 0 radical (unpaired) electrons. The van der Waals surface area contributed by atoms with Gasteiger partial charge in [-0.25, -0.2) is 9.67 Å². The maximum Gasteiger partial charge on any atom is 0.277 e. The minimum Gasteiger partial charge on any atom is -0.317 e. The number of carbonyl (C=O) groups is 1. The van der Waals surface area contributed by atoms with Gasteiger partial charge in [-0.1, -0.05) is 6.07 Å². The average Bonchev–Trinajstić information content (AvgIpc) is 3.36. The normalized spacial score (nSPS) is 14.8. The average molecular weight is 411 g/mol. The van der Waals surface area contributed by atoms with E-state index in [2.05, 4.69) is 25.7 Å². The highest BCUT2D eigenvalue weighted by atomic mass is 35.5. The molecule has 0 aliphatic carbocycles. The number of piperidine rings is 1. The van der Waals surface area contributed by atoms with Gasteiger partial charge in [0.15, 0.2) is 5.82 Å². The summed E-state index contributed by atoms with van der Waals surface area (Å²) < 4.78 is 1.63. The highest BCUT2D eigenvalue weighted by molar-refractivity contribution is 7.20. The van der Waals surface area contributed by atoms with E-state index in [0.29, 0.717) is 17.6 Å². The molecule has 3 aromatic heterocycles. The van der Waals surface area contributed by atoms with Crippen LogP contribution in [0.3, 0.4) is 0 Å². The molecule has 10 heteroatoms. The number of aryl methyl sites for hydroxylation is 1. The first-order chi connectivity index (χ1) is 12.2. The Labute approximate surface area is 165 Å². The zero-order valence-corrected chi connectivity index (χ0v) is 16.6. The van der Waals surface area contributed by atoms with Crippen LogP contribution in [0.2, 0.25) is 0 Å². The van der Waals surface area contributed by atoms with E-state index in [0.717, 1.165) is 41.6 Å². The molecule has 0 bridgehead atoms. The monoisotopic (exact) mass is 410 g/mol. The number of hydrogen-bond donors (Lipinski definition) is 2. The SMILES string of the molecule is Cl.Cn1nc(C2CCNCC2)nc1NC(=O)c1csc(-c2cccs2)n1. The number of halogens is 1. The Kier molecular flexibility index (Phi) is 6.02. The second kappa shape index (κ2) is 8.26. The highest BCUT2D eigenvalue weighted by Crippen LogP contribution is 2.28. The van der Waals surface area contributed by atoms with Crippen LogP contribution in [0.4, 0.5) is 5.95 Å². The Morgan fingerprint density at radius 3 is 2.85 bits per heavy atom. The Hall–Kier alpha value is -1.81. The zero-order valence-electron chi connectivity index (χ0n) is 14.1. The summed E-state index contributed by atoms with van der Waals surface area (Å²) in [5, 5.41) is 15.3. The van der Waals surface area contributed by atoms with Crippen LogP contribution in [-0.4, -0.2) is 38.7 Å². The summed E-state index contributed by atoms with van der Waals surface area (Å²) >= 11 is 3.08. The molecule has 4 rings (SSSR count). The molecule has 1 aliphatic heterocycles. The van der Waals surface area contributed by atoms with Crippen LogP contribution in [0.1, 0.15) is 35.1 Å². The quantitative estimate of drug-likeness (QED) is 0.690. The molecular formula is C16H19ClN6OS2. The maximum atomic E-state index is 12.5. The molecule has 1 aliphatic rings. The van der Waals surface area contributed by atoms with Crippen molar-refractivity contribution in [2.24, 2.45) is 7.05 Å².